The molecule has 0 saturated carbocycles. The summed E-state index contributed by atoms with van der Waals surface area (Å²) in [5.41, 5.74) is 3.28. The van der Waals surface area contributed by atoms with Gasteiger partial charge in [-0.3, -0.25) is 9.69 Å². The lowest BCUT2D eigenvalue weighted by Gasteiger charge is -2.21. The fraction of sp³-hybridized carbons (Fsp3) is 0.120. The molecule has 0 radical (unpaired) electrons. The van der Waals surface area contributed by atoms with E-state index in [1.165, 1.54) is 16.9 Å². The number of ether oxygens (including phenoxy) is 1. The Kier molecular flexibility index (Phi) is 5.45. The molecule has 1 aromatic heterocycles. The number of aromatic nitrogens is 1. The van der Waals surface area contributed by atoms with E-state index in [2.05, 4.69) is 17.1 Å². The summed E-state index contributed by atoms with van der Waals surface area (Å²) in [6.07, 6.45) is 1.70. The van der Waals surface area contributed by atoms with Crippen LogP contribution >= 0.6 is 22.9 Å². The zero-order valence-electron chi connectivity index (χ0n) is 16.6. The zero-order chi connectivity index (χ0) is 21.2. The molecule has 0 saturated heterocycles. The van der Waals surface area contributed by atoms with E-state index < -0.39 is 0 Å². The maximum atomic E-state index is 13.5. The molecule has 31 heavy (non-hydrogen) atoms. The lowest BCUT2D eigenvalue weighted by Crippen LogP contribution is -2.30. The van der Waals surface area contributed by atoms with Crippen LogP contribution in [0.25, 0.3) is 0 Å². The number of rotatable bonds is 4. The Morgan fingerprint density at radius 2 is 1.81 bits per heavy atom. The zero-order valence-corrected chi connectivity index (χ0v) is 18.2. The number of hydrogen-bond donors (Lipinski definition) is 0. The molecule has 0 aliphatic carbocycles. The summed E-state index contributed by atoms with van der Waals surface area (Å²) in [7, 11) is 0. The summed E-state index contributed by atoms with van der Waals surface area (Å²) in [6, 6.07) is 23.4. The molecule has 6 heteroatoms. The Hall–Kier alpha value is -3.15. The van der Waals surface area contributed by atoms with Crippen molar-refractivity contribution in [3.63, 3.8) is 0 Å². The molecule has 0 spiro atoms. The summed E-state index contributed by atoms with van der Waals surface area (Å²) >= 11 is 7.77. The van der Waals surface area contributed by atoms with Gasteiger partial charge in [0, 0.05) is 22.4 Å². The molecule has 0 N–H and O–H groups in total. The van der Waals surface area contributed by atoms with E-state index in [0.29, 0.717) is 28.7 Å². The summed E-state index contributed by atoms with van der Waals surface area (Å²) < 4.78 is 6.10. The third kappa shape index (κ3) is 4.20. The van der Waals surface area contributed by atoms with Crippen molar-refractivity contribution in [1.82, 2.24) is 4.98 Å². The van der Waals surface area contributed by atoms with Crippen LogP contribution in [0, 0.1) is 0 Å². The molecule has 1 amide bonds. The molecule has 0 bridgehead atoms. The van der Waals surface area contributed by atoms with Crippen molar-refractivity contribution in [1.29, 1.82) is 0 Å². The molecule has 0 unspecified atom stereocenters. The molecule has 1 aliphatic heterocycles. The van der Waals surface area contributed by atoms with Gasteiger partial charge in [0.2, 0.25) is 0 Å². The molecule has 3 aromatic carbocycles. The van der Waals surface area contributed by atoms with Gasteiger partial charge in [0.25, 0.3) is 5.91 Å². The number of anilines is 1. The number of halogens is 1. The monoisotopic (exact) mass is 446 g/mol. The van der Waals surface area contributed by atoms with Crippen molar-refractivity contribution in [2.75, 3.05) is 4.90 Å². The normalized spacial score (nSPS) is 12.5. The van der Waals surface area contributed by atoms with E-state index in [-0.39, 0.29) is 5.91 Å². The van der Waals surface area contributed by atoms with Crippen LogP contribution in [0.3, 0.4) is 0 Å². The van der Waals surface area contributed by atoms with Crippen molar-refractivity contribution in [3.8, 4) is 11.5 Å². The topological polar surface area (TPSA) is 42.4 Å². The van der Waals surface area contributed by atoms with Gasteiger partial charge in [0.05, 0.1) is 17.2 Å². The first kappa shape index (κ1) is 19.8. The highest BCUT2D eigenvalue weighted by molar-refractivity contribution is 7.09. The minimum absolute atomic E-state index is 0.161. The fourth-order valence-corrected chi connectivity index (χ4v) is 4.57. The van der Waals surface area contributed by atoms with Crippen LogP contribution in [0.5, 0.6) is 11.5 Å². The van der Waals surface area contributed by atoms with E-state index in [9.17, 15) is 4.79 Å². The highest BCUT2D eigenvalue weighted by Crippen LogP contribution is 2.40. The minimum Gasteiger partial charge on any atom is -0.455 e. The van der Waals surface area contributed by atoms with Crippen LogP contribution < -0.4 is 9.64 Å². The van der Waals surface area contributed by atoms with Crippen molar-refractivity contribution in [2.45, 2.75) is 19.4 Å². The summed E-state index contributed by atoms with van der Waals surface area (Å²) in [5, 5.41) is 3.34. The second-order valence-corrected chi connectivity index (χ2v) is 8.70. The van der Waals surface area contributed by atoms with E-state index >= 15 is 0 Å². The molecule has 5 rings (SSSR count). The number of para-hydroxylation sites is 1. The number of thiazole rings is 1. The van der Waals surface area contributed by atoms with E-state index in [1.807, 2.05) is 47.8 Å². The lowest BCUT2D eigenvalue weighted by molar-refractivity contribution is 0.0981. The van der Waals surface area contributed by atoms with Gasteiger partial charge < -0.3 is 4.74 Å². The predicted molar refractivity (Wildman–Crippen MR) is 124 cm³/mol. The fourth-order valence-electron chi connectivity index (χ4n) is 3.64. The van der Waals surface area contributed by atoms with E-state index in [1.54, 1.807) is 23.1 Å². The highest BCUT2D eigenvalue weighted by atomic mass is 35.5. The Labute approximate surface area is 189 Å². The Balaban J connectivity index is 1.43. The Morgan fingerprint density at radius 1 is 1.00 bits per heavy atom. The smallest absolute Gasteiger partial charge is 0.278 e. The van der Waals surface area contributed by atoms with Crippen LogP contribution in [0.15, 0.2) is 78.2 Å². The highest BCUT2D eigenvalue weighted by Gasteiger charge is 2.28. The molecule has 154 valence electrons. The summed E-state index contributed by atoms with van der Waals surface area (Å²) in [4.78, 5) is 19.8. The maximum absolute atomic E-state index is 13.5. The van der Waals surface area contributed by atoms with Crippen molar-refractivity contribution >= 4 is 34.5 Å². The van der Waals surface area contributed by atoms with Crippen LogP contribution in [-0.2, 0) is 19.4 Å². The van der Waals surface area contributed by atoms with Crippen molar-refractivity contribution in [2.24, 2.45) is 0 Å². The van der Waals surface area contributed by atoms with Gasteiger partial charge >= 0.3 is 0 Å². The molecule has 1 aliphatic rings. The largest absolute Gasteiger partial charge is 0.455 e. The Morgan fingerprint density at radius 3 is 2.68 bits per heavy atom. The second kappa shape index (κ2) is 8.53. The number of benzene rings is 3. The SMILES string of the molecule is O=C(c1csc(CCc2ccccc2)n1)N1Cc2ccccc2Oc2ccc(Cl)cc21. The first-order valence-corrected chi connectivity index (χ1v) is 11.3. The van der Waals surface area contributed by atoms with Crippen molar-refractivity contribution < 1.29 is 9.53 Å². The van der Waals surface area contributed by atoms with Gasteiger partial charge in [0.1, 0.15) is 11.4 Å². The standard InChI is InChI=1S/C25H19ClN2O2S/c26-19-11-12-23-21(14-19)28(15-18-8-4-5-9-22(18)30-23)25(29)20-16-31-24(27-20)13-10-17-6-2-1-3-7-17/h1-9,11-12,14,16H,10,13,15H2. The van der Waals surface area contributed by atoms with Crippen LogP contribution in [-0.4, -0.2) is 10.9 Å². The third-order valence-electron chi connectivity index (χ3n) is 5.22. The number of carbonyl (C=O) groups is 1. The van der Waals surface area contributed by atoms with Gasteiger partial charge in [-0.25, -0.2) is 4.98 Å². The second-order valence-electron chi connectivity index (χ2n) is 7.33. The molecular weight excluding hydrogens is 428 g/mol. The predicted octanol–water partition coefficient (Wildman–Crippen LogP) is 6.53. The quantitative estimate of drug-likeness (QED) is 0.357. The van der Waals surface area contributed by atoms with Gasteiger partial charge in [-0.1, -0.05) is 60.1 Å². The maximum Gasteiger partial charge on any atom is 0.278 e. The van der Waals surface area contributed by atoms with Gasteiger partial charge in [-0.2, -0.15) is 0 Å². The van der Waals surface area contributed by atoms with Gasteiger partial charge in [0.15, 0.2) is 5.75 Å². The summed E-state index contributed by atoms with van der Waals surface area (Å²) in [5.74, 6) is 1.18. The minimum atomic E-state index is -0.161. The number of hydrogen-bond acceptors (Lipinski definition) is 4. The number of aryl methyl sites for hydroxylation is 2. The first-order chi connectivity index (χ1) is 15.2. The van der Waals surface area contributed by atoms with Crippen LogP contribution in [0.4, 0.5) is 5.69 Å². The van der Waals surface area contributed by atoms with E-state index in [0.717, 1.165) is 29.2 Å². The van der Waals surface area contributed by atoms with Gasteiger partial charge in [-0.15, -0.1) is 11.3 Å². The molecule has 0 fully saturated rings. The average molecular weight is 447 g/mol. The van der Waals surface area contributed by atoms with Gasteiger partial charge in [-0.05, 0) is 36.2 Å². The molecular formula is C25H19ClN2O2S. The average Bonchev–Trinajstić information content (AvgIpc) is 3.21. The van der Waals surface area contributed by atoms with Crippen LogP contribution in [0.2, 0.25) is 5.02 Å². The lowest BCUT2D eigenvalue weighted by atomic mass is 10.1. The number of carbonyl (C=O) groups excluding carboxylic acids is 1. The Bertz CT molecular complexity index is 1240. The van der Waals surface area contributed by atoms with Crippen LogP contribution in [0.1, 0.15) is 26.6 Å². The number of amides is 1. The molecule has 4 aromatic rings. The van der Waals surface area contributed by atoms with E-state index in [4.69, 9.17) is 16.3 Å². The number of nitrogens with zero attached hydrogens (tertiary/aromatic N) is 2. The first-order valence-electron chi connectivity index (χ1n) is 10.0. The third-order valence-corrected chi connectivity index (χ3v) is 6.36. The number of fused-ring (bicyclic) bond motifs is 2. The van der Waals surface area contributed by atoms with Crippen molar-refractivity contribution in [3.05, 3.63) is 105 Å². The molecule has 0 atom stereocenters. The molecule has 2 heterocycles. The molecule has 4 nitrogen and oxygen atoms in total. The summed E-state index contributed by atoms with van der Waals surface area (Å²) in [6.45, 7) is 0.388.